The van der Waals surface area contributed by atoms with Gasteiger partial charge < -0.3 is 4.84 Å². The van der Waals surface area contributed by atoms with Gasteiger partial charge in [0.15, 0.2) is 0 Å². The molecule has 0 bridgehead atoms. The van der Waals surface area contributed by atoms with E-state index in [-0.39, 0.29) is 11.3 Å². The van der Waals surface area contributed by atoms with Gasteiger partial charge in [0.25, 0.3) is 0 Å². The van der Waals surface area contributed by atoms with Gasteiger partial charge in [0, 0.05) is 17.3 Å². The van der Waals surface area contributed by atoms with Crippen LogP contribution in [-0.4, -0.2) is 25.3 Å². The zero-order chi connectivity index (χ0) is 10.8. The van der Waals surface area contributed by atoms with Gasteiger partial charge in [-0.1, -0.05) is 23.3 Å². The Morgan fingerprint density at radius 2 is 2.27 bits per heavy atom. The molecule has 2 aliphatic rings. The topological polar surface area (TPSA) is 85.2 Å². The summed E-state index contributed by atoms with van der Waals surface area (Å²) in [5.41, 5.74) is 0.306. The van der Waals surface area contributed by atoms with Crippen molar-refractivity contribution in [2.24, 2.45) is 10.4 Å². The van der Waals surface area contributed by atoms with Crippen molar-refractivity contribution in [3.63, 3.8) is 0 Å². The second kappa shape index (κ2) is 3.77. The highest BCUT2D eigenvalue weighted by molar-refractivity contribution is 7.73. The number of nitrogens with zero attached hydrogens (tertiary/aromatic N) is 2. The highest BCUT2D eigenvalue weighted by Crippen LogP contribution is 2.20. The summed E-state index contributed by atoms with van der Waals surface area (Å²) in [5, 5.41) is 6.28. The van der Waals surface area contributed by atoms with E-state index in [9.17, 15) is 13.2 Å². The molecule has 0 saturated heterocycles. The van der Waals surface area contributed by atoms with Gasteiger partial charge in [0.05, 0.1) is 4.86 Å². The highest BCUT2D eigenvalue weighted by atomic mass is 32.2. The molecule has 1 aliphatic carbocycles. The Morgan fingerprint density at radius 3 is 2.87 bits per heavy atom. The Labute approximate surface area is 86.4 Å². The van der Waals surface area contributed by atoms with Gasteiger partial charge in [0.2, 0.25) is 16.4 Å². The molecule has 0 aromatic rings. The summed E-state index contributed by atoms with van der Waals surface area (Å²) in [5.74, 6) is -0.584. The number of rotatable bonds is 1. The SMILES string of the molecule is O=C1N=NOC1C1=CC=CCC1=S(=O)=O. The van der Waals surface area contributed by atoms with Crippen LogP contribution in [0.4, 0.5) is 0 Å². The molecule has 2 rings (SSSR count). The lowest BCUT2D eigenvalue weighted by Gasteiger charge is -2.12. The van der Waals surface area contributed by atoms with Crippen LogP contribution in [-0.2, 0) is 19.9 Å². The third-order valence-corrected chi connectivity index (χ3v) is 2.84. The summed E-state index contributed by atoms with van der Waals surface area (Å²) in [7, 11) is -2.36. The van der Waals surface area contributed by atoms with Gasteiger partial charge in [-0.25, -0.2) is 0 Å². The van der Waals surface area contributed by atoms with Crippen LogP contribution in [0.25, 0.3) is 0 Å². The van der Waals surface area contributed by atoms with Crippen LogP contribution in [0, 0.1) is 0 Å². The lowest BCUT2D eigenvalue weighted by atomic mass is 9.99. The van der Waals surface area contributed by atoms with E-state index < -0.39 is 22.3 Å². The largest absolute Gasteiger partial charge is 0.361 e. The average Bonchev–Trinajstić information content (AvgIpc) is 2.64. The number of amides is 1. The monoisotopic (exact) mass is 226 g/mol. The van der Waals surface area contributed by atoms with Gasteiger partial charge in [-0.05, 0) is 0 Å². The molecule has 1 unspecified atom stereocenters. The van der Waals surface area contributed by atoms with Crippen molar-refractivity contribution >= 4 is 21.1 Å². The predicted molar refractivity (Wildman–Crippen MR) is 50.5 cm³/mol. The third-order valence-electron chi connectivity index (χ3n) is 2.04. The van der Waals surface area contributed by atoms with E-state index in [0.717, 1.165) is 0 Å². The summed E-state index contributed by atoms with van der Waals surface area (Å²) in [4.78, 5) is 16.0. The van der Waals surface area contributed by atoms with Crippen LogP contribution in [0.2, 0.25) is 0 Å². The maximum absolute atomic E-state index is 11.2. The molecule has 0 fully saturated rings. The summed E-state index contributed by atoms with van der Waals surface area (Å²) in [6.45, 7) is 0. The molecule has 0 aromatic heterocycles. The third kappa shape index (κ3) is 1.73. The lowest BCUT2D eigenvalue weighted by molar-refractivity contribution is -0.121. The van der Waals surface area contributed by atoms with E-state index in [1.165, 1.54) is 6.08 Å². The van der Waals surface area contributed by atoms with Gasteiger partial charge in [0.1, 0.15) is 0 Å². The second-order valence-corrected chi connectivity index (χ2v) is 3.88. The summed E-state index contributed by atoms with van der Waals surface area (Å²) < 4.78 is 21.8. The molecule has 0 N–H and O–H groups in total. The van der Waals surface area contributed by atoms with Crippen molar-refractivity contribution in [3.8, 4) is 0 Å². The smallest absolute Gasteiger partial charge is 0.315 e. The number of carbonyl (C=O) groups is 1. The number of carbonyl (C=O) groups excluding carboxylic acids is 1. The first-order valence-corrected chi connectivity index (χ1v) is 5.20. The lowest BCUT2D eigenvalue weighted by Crippen LogP contribution is -2.25. The summed E-state index contributed by atoms with van der Waals surface area (Å²) >= 11 is 0. The van der Waals surface area contributed by atoms with Gasteiger partial charge >= 0.3 is 5.91 Å². The van der Waals surface area contributed by atoms with E-state index >= 15 is 0 Å². The Balaban J connectivity index is 2.43. The second-order valence-electron chi connectivity index (χ2n) is 2.92. The van der Waals surface area contributed by atoms with Crippen LogP contribution in [0.3, 0.4) is 0 Å². The predicted octanol–water partition coefficient (Wildman–Crippen LogP) is 0.217. The molecular weight excluding hydrogens is 220 g/mol. The minimum absolute atomic E-state index is 0.142. The van der Waals surface area contributed by atoms with Crippen LogP contribution >= 0.6 is 0 Å². The van der Waals surface area contributed by atoms with Gasteiger partial charge in [-0.3, -0.25) is 4.79 Å². The molecule has 6 nitrogen and oxygen atoms in total. The standard InChI is InChI=1S/C8H6N2O4S/c11-8-7(14-10-9-8)5-3-1-2-4-6(5)15(12)13/h1-3,7H,4H2. The molecule has 7 heteroatoms. The zero-order valence-corrected chi connectivity index (χ0v) is 8.27. The Bertz CT molecular complexity index is 519. The maximum Gasteiger partial charge on any atom is 0.315 e. The fourth-order valence-corrected chi connectivity index (χ4v) is 1.95. The molecule has 1 aliphatic heterocycles. The first-order chi connectivity index (χ1) is 7.20. The van der Waals surface area contributed by atoms with Crippen molar-refractivity contribution in [2.75, 3.05) is 0 Å². The molecular formula is C8H6N2O4S. The fourth-order valence-electron chi connectivity index (χ4n) is 1.35. The van der Waals surface area contributed by atoms with Crippen LogP contribution < -0.4 is 0 Å². The van der Waals surface area contributed by atoms with Crippen LogP contribution in [0.1, 0.15) is 6.42 Å². The van der Waals surface area contributed by atoms with Crippen molar-refractivity contribution in [1.29, 1.82) is 0 Å². The summed E-state index contributed by atoms with van der Waals surface area (Å²) in [6, 6.07) is 0. The molecule has 0 aromatic carbocycles. The first kappa shape index (κ1) is 9.78. The maximum atomic E-state index is 11.2. The molecule has 78 valence electrons. The normalized spacial score (nSPS) is 24.0. The minimum Gasteiger partial charge on any atom is -0.361 e. The molecule has 1 heterocycles. The first-order valence-electron chi connectivity index (χ1n) is 4.13. The zero-order valence-electron chi connectivity index (χ0n) is 7.45. The number of hydrogen-bond donors (Lipinski definition) is 0. The van der Waals surface area contributed by atoms with E-state index in [1.54, 1.807) is 12.2 Å². The quantitative estimate of drug-likeness (QED) is 0.598. The van der Waals surface area contributed by atoms with E-state index in [2.05, 4.69) is 10.4 Å². The molecule has 0 saturated carbocycles. The molecule has 0 spiro atoms. The van der Waals surface area contributed by atoms with E-state index in [0.29, 0.717) is 5.57 Å². The van der Waals surface area contributed by atoms with Crippen molar-refractivity contribution in [2.45, 2.75) is 12.5 Å². The Hall–Kier alpha value is -1.76. The minimum atomic E-state index is -2.36. The van der Waals surface area contributed by atoms with Crippen molar-refractivity contribution in [3.05, 3.63) is 23.8 Å². The molecule has 1 amide bonds. The highest BCUT2D eigenvalue weighted by Gasteiger charge is 2.33. The van der Waals surface area contributed by atoms with E-state index in [4.69, 9.17) is 4.84 Å². The van der Waals surface area contributed by atoms with Crippen LogP contribution in [0.5, 0.6) is 0 Å². The average molecular weight is 226 g/mol. The molecule has 0 radical (unpaired) electrons. The van der Waals surface area contributed by atoms with Crippen molar-refractivity contribution < 1.29 is 18.0 Å². The van der Waals surface area contributed by atoms with Gasteiger partial charge in [-0.2, -0.15) is 8.42 Å². The van der Waals surface area contributed by atoms with Gasteiger partial charge in [-0.15, -0.1) is 0 Å². The van der Waals surface area contributed by atoms with Crippen LogP contribution in [0.15, 0.2) is 34.2 Å². The van der Waals surface area contributed by atoms with E-state index in [1.807, 2.05) is 0 Å². The molecule has 15 heavy (non-hydrogen) atoms. The van der Waals surface area contributed by atoms with Crippen molar-refractivity contribution in [1.82, 2.24) is 0 Å². The Kier molecular flexibility index (Phi) is 2.46. The summed E-state index contributed by atoms with van der Waals surface area (Å²) in [6.07, 6.45) is 4.12. The number of allylic oxidation sites excluding steroid dienone is 3. The number of hydrogen-bond acceptors (Lipinski definition) is 5. The molecule has 1 atom stereocenters. The fraction of sp³-hybridized carbons (Fsp3) is 0.250. The Morgan fingerprint density at radius 1 is 1.47 bits per heavy atom.